The Balaban J connectivity index is 0.00000320. The van der Waals surface area contributed by atoms with Gasteiger partial charge in [-0.15, -0.1) is 12.4 Å². The van der Waals surface area contributed by atoms with Crippen molar-refractivity contribution in [3.05, 3.63) is 107 Å². The molecule has 2 atom stereocenters. The van der Waals surface area contributed by atoms with E-state index in [1.54, 1.807) is 0 Å². The Hall–Kier alpha value is -2.41. The molecule has 5 nitrogen and oxygen atoms in total. The molecule has 2 heterocycles. The summed E-state index contributed by atoms with van der Waals surface area (Å²) in [6.07, 6.45) is 1.19. The van der Waals surface area contributed by atoms with Gasteiger partial charge in [0, 0.05) is 31.2 Å². The highest BCUT2D eigenvalue weighted by Gasteiger charge is 2.41. The van der Waals surface area contributed by atoms with Crippen LogP contribution in [0.25, 0.3) is 0 Å². The first kappa shape index (κ1) is 27.6. The summed E-state index contributed by atoms with van der Waals surface area (Å²) in [4.78, 5) is 18.1. The maximum Gasteiger partial charge on any atom is 0.234 e. The number of nitrogens with zero attached hydrogens (tertiary/aromatic N) is 2. The predicted octanol–water partition coefficient (Wildman–Crippen LogP) is 4.84. The lowest BCUT2D eigenvalue weighted by Gasteiger charge is -2.47. The number of hydrogen-bond acceptors (Lipinski definition) is 4. The highest BCUT2D eigenvalue weighted by atomic mass is 35.5. The molecule has 5 rings (SSSR count). The van der Waals surface area contributed by atoms with Crippen molar-refractivity contribution in [2.75, 3.05) is 26.2 Å². The molecule has 2 saturated heterocycles. The van der Waals surface area contributed by atoms with Crippen LogP contribution in [-0.4, -0.2) is 64.2 Å². The van der Waals surface area contributed by atoms with Crippen LogP contribution in [-0.2, 0) is 10.4 Å². The third-order valence-electron chi connectivity index (χ3n) is 7.85. The minimum Gasteiger partial charge on any atom is -0.391 e. The van der Waals surface area contributed by atoms with Gasteiger partial charge in [-0.05, 0) is 48.1 Å². The molecule has 0 radical (unpaired) electrons. The minimum atomic E-state index is -0.901. The van der Waals surface area contributed by atoms with E-state index in [1.807, 2.05) is 89.8 Å². The molecular weight excluding hydrogens is 507 g/mol. The Morgan fingerprint density at radius 3 is 1.95 bits per heavy atom. The molecule has 0 bridgehead atoms. The normalized spacial score (nSPS) is 21.9. The summed E-state index contributed by atoms with van der Waals surface area (Å²) in [6.45, 7) is 2.33. The monoisotopic (exact) mass is 540 g/mol. The Bertz CT molecular complexity index is 1110. The van der Waals surface area contributed by atoms with Crippen molar-refractivity contribution in [3.8, 4) is 0 Å². The molecule has 3 aromatic rings. The third kappa shape index (κ3) is 6.02. The van der Waals surface area contributed by atoms with Gasteiger partial charge in [0.05, 0.1) is 23.7 Å². The van der Waals surface area contributed by atoms with E-state index < -0.39 is 11.7 Å². The second-order valence-corrected chi connectivity index (χ2v) is 10.5. The lowest BCUT2D eigenvalue weighted by atomic mass is 9.83. The smallest absolute Gasteiger partial charge is 0.234 e. The average molecular weight is 542 g/mol. The average Bonchev–Trinajstić information content (AvgIpc) is 2.91. The lowest BCUT2D eigenvalue weighted by Crippen LogP contribution is -2.59. The first-order valence-electron chi connectivity index (χ1n) is 12.7. The Kier molecular flexibility index (Phi) is 8.94. The second-order valence-electron chi connectivity index (χ2n) is 10.0. The largest absolute Gasteiger partial charge is 0.391 e. The van der Waals surface area contributed by atoms with E-state index in [0.717, 1.165) is 16.7 Å². The van der Waals surface area contributed by atoms with E-state index in [1.165, 1.54) is 0 Å². The number of piperidine rings is 2. The summed E-state index contributed by atoms with van der Waals surface area (Å²) in [5.41, 5.74) is 1.92. The van der Waals surface area contributed by atoms with Crippen molar-refractivity contribution in [3.63, 3.8) is 0 Å². The summed E-state index contributed by atoms with van der Waals surface area (Å²) in [7, 11) is 0. The molecule has 0 unspecified atom stereocenters. The van der Waals surface area contributed by atoms with Crippen LogP contribution in [0.2, 0.25) is 5.02 Å². The molecule has 37 heavy (non-hydrogen) atoms. The molecule has 0 aromatic heterocycles. The van der Waals surface area contributed by atoms with Gasteiger partial charge < -0.3 is 15.1 Å². The standard InChI is InChI=1S/C30H33ClN2O3.ClH/c31-25-13-11-24(12-14-25)30(36)16-19-32(20-17-30)26-21-33(18-15-27(26)34)29(35)28(22-7-3-1-4-8-22)23-9-5-2-6-10-23;/h1-14,26-28,34,36H,15-21H2;1H/t26-,27-;/m0./s1. The molecule has 0 spiro atoms. The van der Waals surface area contributed by atoms with Crippen LogP contribution in [0.5, 0.6) is 0 Å². The lowest BCUT2D eigenvalue weighted by molar-refractivity contribution is -0.137. The maximum atomic E-state index is 13.9. The van der Waals surface area contributed by atoms with Crippen LogP contribution in [0.3, 0.4) is 0 Å². The van der Waals surface area contributed by atoms with E-state index in [2.05, 4.69) is 4.90 Å². The maximum absolute atomic E-state index is 13.9. The topological polar surface area (TPSA) is 64.0 Å². The van der Waals surface area contributed by atoms with Crippen LogP contribution in [0.1, 0.15) is 41.9 Å². The van der Waals surface area contributed by atoms with Crippen molar-refractivity contribution >= 4 is 29.9 Å². The predicted molar refractivity (Wildman–Crippen MR) is 149 cm³/mol. The van der Waals surface area contributed by atoms with Crippen LogP contribution < -0.4 is 0 Å². The molecule has 1 amide bonds. The van der Waals surface area contributed by atoms with Crippen molar-refractivity contribution in [2.24, 2.45) is 0 Å². The Labute approximate surface area is 230 Å². The van der Waals surface area contributed by atoms with E-state index in [9.17, 15) is 15.0 Å². The van der Waals surface area contributed by atoms with Crippen LogP contribution in [0.4, 0.5) is 0 Å². The summed E-state index contributed by atoms with van der Waals surface area (Å²) >= 11 is 6.03. The third-order valence-corrected chi connectivity index (χ3v) is 8.10. The fraction of sp³-hybridized carbons (Fsp3) is 0.367. The SMILES string of the molecule is Cl.O=C(C(c1ccccc1)c1ccccc1)N1CC[C@H](O)[C@@H](N2CCC(O)(c3ccc(Cl)cc3)CC2)C1. The molecule has 2 aliphatic rings. The van der Waals surface area contributed by atoms with Gasteiger partial charge >= 0.3 is 0 Å². The number of carbonyl (C=O) groups is 1. The molecule has 0 aliphatic carbocycles. The van der Waals surface area contributed by atoms with E-state index >= 15 is 0 Å². The zero-order valence-corrected chi connectivity index (χ0v) is 22.3. The van der Waals surface area contributed by atoms with Crippen molar-refractivity contribution < 1.29 is 15.0 Å². The van der Waals surface area contributed by atoms with Gasteiger partial charge in [0.25, 0.3) is 0 Å². The zero-order valence-electron chi connectivity index (χ0n) is 20.7. The van der Waals surface area contributed by atoms with Gasteiger partial charge in [-0.2, -0.15) is 0 Å². The molecular formula is C30H34Cl2N2O3. The van der Waals surface area contributed by atoms with Gasteiger partial charge in [0.15, 0.2) is 0 Å². The number of hydrogen-bond donors (Lipinski definition) is 2. The van der Waals surface area contributed by atoms with Gasteiger partial charge in [0.2, 0.25) is 5.91 Å². The first-order valence-corrected chi connectivity index (χ1v) is 13.1. The molecule has 2 N–H and O–H groups in total. The van der Waals surface area contributed by atoms with Crippen molar-refractivity contribution in [1.29, 1.82) is 0 Å². The summed E-state index contributed by atoms with van der Waals surface area (Å²) in [5.74, 6) is -0.307. The van der Waals surface area contributed by atoms with Crippen molar-refractivity contribution in [2.45, 2.75) is 42.9 Å². The zero-order chi connectivity index (χ0) is 25.1. The number of carbonyl (C=O) groups excluding carboxylic acids is 1. The summed E-state index contributed by atoms with van der Waals surface area (Å²) in [5, 5.41) is 22.9. The Morgan fingerprint density at radius 1 is 0.865 bits per heavy atom. The summed E-state index contributed by atoms with van der Waals surface area (Å²) < 4.78 is 0. The second kappa shape index (κ2) is 12.0. The first-order chi connectivity index (χ1) is 17.4. The van der Waals surface area contributed by atoms with Crippen LogP contribution in [0, 0.1) is 0 Å². The number of benzene rings is 3. The molecule has 3 aromatic carbocycles. The number of likely N-dealkylation sites (tertiary alicyclic amines) is 2. The van der Waals surface area contributed by atoms with Crippen molar-refractivity contribution in [1.82, 2.24) is 9.80 Å². The van der Waals surface area contributed by atoms with Gasteiger partial charge in [-0.3, -0.25) is 9.69 Å². The number of rotatable bonds is 5. The highest BCUT2D eigenvalue weighted by Crippen LogP contribution is 2.35. The van der Waals surface area contributed by atoms with E-state index in [-0.39, 0.29) is 30.3 Å². The van der Waals surface area contributed by atoms with E-state index in [4.69, 9.17) is 11.6 Å². The molecule has 7 heteroatoms. The highest BCUT2D eigenvalue weighted by molar-refractivity contribution is 6.30. The Morgan fingerprint density at radius 2 is 1.41 bits per heavy atom. The minimum absolute atomic E-state index is 0. The summed E-state index contributed by atoms with van der Waals surface area (Å²) in [6, 6.07) is 27.1. The molecule has 2 fully saturated rings. The molecule has 2 aliphatic heterocycles. The van der Waals surface area contributed by atoms with Gasteiger partial charge in [0.1, 0.15) is 0 Å². The molecule has 196 valence electrons. The number of aliphatic hydroxyl groups is 2. The number of aliphatic hydroxyl groups excluding tert-OH is 1. The van der Waals surface area contributed by atoms with E-state index in [0.29, 0.717) is 50.5 Å². The molecule has 0 saturated carbocycles. The quantitative estimate of drug-likeness (QED) is 0.486. The van der Waals surface area contributed by atoms with Gasteiger partial charge in [-0.1, -0.05) is 84.4 Å². The fourth-order valence-corrected chi connectivity index (χ4v) is 5.83. The van der Waals surface area contributed by atoms with Crippen LogP contribution >= 0.6 is 24.0 Å². The van der Waals surface area contributed by atoms with Gasteiger partial charge in [-0.25, -0.2) is 0 Å². The number of amides is 1. The number of halogens is 2. The van der Waals surface area contributed by atoms with Crippen LogP contribution in [0.15, 0.2) is 84.9 Å². The fourth-order valence-electron chi connectivity index (χ4n) is 5.70.